The van der Waals surface area contributed by atoms with Crippen LogP contribution < -0.4 is 5.32 Å². The van der Waals surface area contributed by atoms with Crippen molar-refractivity contribution in [2.45, 2.75) is 6.42 Å². The van der Waals surface area contributed by atoms with Gasteiger partial charge in [0.25, 0.3) is 0 Å². The maximum absolute atomic E-state index is 8.70. The van der Waals surface area contributed by atoms with E-state index in [0.29, 0.717) is 6.42 Å². The first kappa shape index (κ1) is 6.13. The van der Waals surface area contributed by atoms with Crippen molar-refractivity contribution < 1.29 is 5.11 Å². The lowest BCUT2D eigenvalue weighted by atomic mass is 10.3. The molecule has 0 aromatic rings. The monoisotopic (exact) mass is 126 g/mol. The fraction of sp³-hybridized carbons (Fsp3) is 0.500. The van der Waals surface area contributed by atoms with Gasteiger partial charge < -0.3 is 10.4 Å². The summed E-state index contributed by atoms with van der Waals surface area (Å²) in [6.45, 7) is 5.07. The number of aliphatic hydroxyl groups excluding tert-OH is 1. The third kappa shape index (κ3) is 1.76. The molecule has 0 unspecified atom stereocenters. The largest absolute Gasteiger partial charge is 0.512 e. The highest BCUT2D eigenvalue weighted by molar-refractivity contribution is 5.85. The molecule has 1 heterocycles. The zero-order chi connectivity index (χ0) is 6.69. The van der Waals surface area contributed by atoms with Crippen molar-refractivity contribution in [1.29, 1.82) is 0 Å². The van der Waals surface area contributed by atoms with Gasteiger partial charge in [-0.25, -0.2) is 0 Å². The molecule has 0 spiro atoms. The van der Waals surface area contributed by atoms with Gasteiger partial charge in [-0.3, -0.25) is 4.99 Å². The summed E-state index contributed by atoms with van der Waals surface area (Å²) < 4.78 is 0. The third-order valence-corrected chi connectivity index (χ3v) is 1.12. The number of amidine groups is 1. The van der Waals surface area contributed by atoms with Gasteiger partial charge in [0.05, 0.1) is 18.7 Å². The minimum atomic E-state index is 0.170. The molecule has 1 aliphatic heterocycles. The number of nitrogens with zero attached hydrogens (tertiary/aromatic N) is 1. The SMILES string of the molecule is C=C(O)CC1=NCCN1. The Bertz CT molecular complexity index is 151. The molecule has 0 aromatic heterocycles. The molecule has 0 saturated heterocycles. The smallest absolute Gasteiger partial charge is 0.104 e. The molecule has 0 atom stereocenters. The molecule has 3 heteroatoms. The van der Waals surface area contributed by atoms with Gasteiger partial charge in [-0.15, -0.1) is 0 Å². The van der Waals surface area contributed by atoms with Crippen molar-refractivity contribution in [3.63, 3.8) is 0 Å². The summed E-state index contributed by atoms with van der Waals surface area (Å²) in [7, 11) is 0. The van der Waals surface area contributed by atoms with Crippen molar-refractivity contribution in [3.05, 3.63) is 12.3 Å². The maximum Gasteiger partial charge on any atom is 0.104 e. The quantitative estimate of drug-likeness (QED) is 0.527. The van der Waals surface area contributed by atoms with Gasteiger partial charge in [0, 0.05) is 6.54 Å². The Morgan fingerprint density at radius 1 is 1.89 bits per heavy atom. The summed E-state index contributed by atoms with van der Waals surface area (Å²) in [5.41, 5.74) is 0. The van der Waals surface area contributed by atoms with Crippen LogP contribution in [0.25, 0.3) is 0 Å². The number of aliphatic hydroxyl groups is 1. The fourth-order valence-corrected chi connectivity index (χ4v) is 0.759. The van der Waals surface area contributed by atoms with E-state index in [4.69, 9.17) is 5.11 Å². The molecular weight excluding hydrogens is 116 g/mol. The van der Waals surface area contributed by atoms with E-state index in [-0.39, 0.29) is 5.76 Å². The summed E-state index contributed by atoms with van der Waals surface area (Å²) >= 11 is 0. The highest BCUT2D eigenvalue weighted by atomic mass is 16.3. The molecule has 0 saturated carbocycles. The first-order chi connectivity index (χ1) is 4.29. The van der Waals surface area contributed by atoms with E-state index in [9.17, 15) is 0 Å². The van der Waals surface area contributed by atoms with Crippen molar-refractivity contribution in [3.8, 4) is 0 Å². The van der Waals surface area contributed by atoms with Gasteiger partial charge in [-0.05, 0) is 0 Å². The molecule has 1 rings (SSSR count). The Labute approximate surface area is 54.1 Å². The summed E-state index contributed by atoms with van der Waals surface area (Å²) in [4.78, 5) is 4.06. The number of hydrogen-bond acceptors (Lipinski definition) is 3. The molecular formula is C6H10N2O. The minimum Gasteiger partial charge on any atom is -0.512 e. The summed E-state index contributed by atoms with van der Waals surface area (Å²) in [5.74, 6) is 1.02. The van der Waals surface area contributed by atoms with E-state index in [1.54, 1.807) is 0 Å². The van der Waals surface area contributed by atoms with Crippen molar-refractivity contribution in [2.24, 2.45) is 4.99 Å². The third-order valence-electron chi connectivity index (χ3n) is 1.12. The van der Waals surface area contributed by atoms with Crippen molar-refractivity contribution in [2.75, 3.05) is 13.1 Å². The predicted molar refractivity (Wildman–Crippen MR) is 36.7 cm³/mol. The maximum atomic E-state index is 8.70. The zero-order valence-corrected chi connectivity index (χ0v) is 5.22. The second-order valence-electron chi connectivity index (χ2n) is 2.00. The van der Waals surface area contributed by atoms with E-state index in [0.717, 1.165) is 18.9 Å². The second kappa shape index (κ2) is 2.53. The van der Waals surface area contributed by atoms with Gasteiger partial charge in [0.1, 0.15) is 5.84 Å². The molecule has 9 heavy (non-hydrogen) atoms. The molecule has 1 aliphatic rings. The summed E-state index contributed by atoms with van der Waals surface area (Å²) in [6, 6.07) is 0. The Morgan fingerprint density at radius 2 is 2.67 bits per heavy atom. The molecule has 50 valence electrons. The molecule has 0 amide bonds. The Hall–Kier alpha value is -0.990. The fourth-order valence-electron chi connectivity index (χ4n) is 0.759. The average Bonchev–Trinajstić information content (AvgIpc) is 2.15. The number of hydrogen-bond donors (Lipinski definition) is 2. The van der Waals surface area contributed by atoms with E-state index >= 15 is 0 Å². The highest BCUT2D eigenvalue weighted by Crippen LogP contribution is 1.96. The van der Waals surface area contributed by atoms with Crippen LogP contribution in [0.4, 0.5) is 0 Å². The van der Waals surface area contributed by atoms with Crippen LogP contribution in [-0.4, -0.2) is 24.0 Å². The van der Waals surface area contributed by atoms with Crippen molar-refractivity contribution in [1.82, 2.24) is 5.32 Å². The van der Waals surface area contributed by atoms with Crippen LogP contribution in [0.2, 0.25) is 0 Å². The van der Waals surface area contributed by atoms with E-state index in [2.05, 4.69) is 16.9 Å². The lowest BCUT2D eigenvalue weighted by Gasteiger charge is -1.97. The van der Waals surface area contributed by atoms with E-state index in [1.165, 1.54) is 0 Å². The van der Waals surface area contributed by atoms with Crippen molar-refractivity contribution >= 4 is 5.84 Å². The topological polar surface area (TPSA) is 44.6 Å². The zero-order valence-electron chi connectivity index (χ0n) is 5.22. The van der Waals surface area contributed by atoms with Gasteiger partial charge in [0.2, 0.25) is 0 Å². The number of nitrogens with one attached hydrogen (secondary N) is 1. The minimum absolute atomic E-state index is 0.170. The molecule has 0 radical (unpaired) electrons. The first-order valence-electron chi connectivity index (χ1n) is 2.93. The number of aliphatic imine (C=N–C) groups is 1. The van der Waals surface area contributed by atoms with Gasteiger partial charge in [-0.2, -0.15) is 0 Å². The lowest BCUT2D eigenvalue weighted by Crippen LogP contribution is -2.18. The van der Waals surface area contributed by atoms with Gasteiger partial charge in [0.15, 0.2) is 0 Å². The summed E-state index contributed by atoms with van der Waals surface area (Å²) in [5, 5.41) is 11.7. The predicted octanol–water partition coefficient (Wildman–Crippen LogP) is 0.450. The average molecular weight is 126 g/mol. The van der Waals surface area contributed by atoms with Crippen LogP contribution in [0.5, 0.6) is 0 Å². The normalized spacial score (nSPS) is 16.7. The molecule has 0 aromatic carbocycles. The van der Waals surface area contributed by atoms with Gasteiger partial charge in [-0.1, -0.05) is 6.58 Å². The first-order valence-corrected chi connectivity index (χ1v) is 2.93. The van der Waals surface area contributed by atoms with Crippen LogP contribution in [0.15, 0.2) is 17.3 Å². The Morgan fingerprint density at radius 3 is 3.11 bits per heavy atom. The Kier molecular flexibility index (Phi) is 1.72. The standard InChI is InChI=1S/C6H10N2O/c1-5(9)4-6-7-2-3-8-6/h9H,1-4H2,(H,7,8). The molecule has 0 aliphatic carbocycles. The van der Waals surface area contributed by atoms with Gasteiger partial charge >= 0.3 is 0 Å². The molecule has 2 N–H and O–H groups in total. The number of rotatable bonds is 2. The summed E-state index contributed by atoms with van der Waals surface area (Å²) in [6.07, 6.45) is 0.472. The highest BCUT2D eigenvalue weighted by Gasteiger charge is 2.04. The van der Waals surface area contributed by atoms with Crippen LogP contribution in [0.1, 0.15) is 6.42 Å². The molecule has 0 bridgehead atoms. The van der Waals surface area contributed by atoms with E-state index in [1.807, 2.05) is 0 Å². The Balaban J connectivity index is 2.35. The second-order valence-corrected chi connectivity index (χ2v) is 2.00. The molecule has 3 nitrogen and oxygen atoms in total. The van der Waals surface area contributed by atoms with Crippen LogP contribution in [0.3, 0.4) is 0 Å². The van der Waals surface area contributed by atoms with Crippen LogP contribution in [0, 0.1) is 0 Å². The van der Waals surface area contributed by atoms with Crippen LogP contribution >= 0.6 is 0 Å². The van der Waals surface area contributed by atoms with Crippen LogP contribution in [-0.2, 0) is 0 Å². The van der Waals surface area contributed by atoms with E-state index < -0.39 is 0 Å². The molecule has 0 fully saturated rings. The lowest BCUT2D eigenvalue weighted by molar-refractivity contribution is 0.407.